The van der Waals surface area contributed by atoms with Crippen LogP contribution in [0.3, 0.4) is 0 Å². The smallest absolute Gasteiger partial charge is 0.317 e. The van der Waals surface area contributed by atoms with Crippen molar-refractivity contribution in [2.45, 2.75) is 52.0 Å². The average Bonchev–Trinajstić information content (AvgIpc) is 2.73. The van der Waals surface area contributed by atoms with Crippen LogP contribution >= 0.6 is 0 Å². The number of carbonyl (C=O) groups excluding carboxylic acids is 1. The van der Waals surface area contributed by atoms with Crippen molar-refractivity contribution < 1.29 is 14.7 Å². The lowest BCUT2D eigenvalue weighted by atomic mass is 9.87. The summed E-state index contributed by atoms with van der Waals surface area (Å²) in [6, 6.07) is 0.164. The van der Waals surface area contributed by atoms with Gasteiger partial charge in [-0.25, -0.2) is 4.79 Å². The maximum atomic E-state index is 12.2. The van der Waals surface area contributed by atoms with Crippen LogP contribution in [0.15, 0.2) is 0 Å². The summed E-state index contributed by atoms with van der Waals surface area (Å²) in [5, 5.41) is 12.2. The largest absolute Gasteiger partial charge is 0.481 e. The lowest BCUT2D eigenvalue weighted by molar-refractivity contribution is -0.146. The first-order chi connectivity index (χ1) is 8.90. The van der Waals surface area contributed by atoms with Crippen molar-refractivity contribution in [3.63, 3.8) is 0 Å². The summed E-state index contributed by atoms with van der Waals surface area (Å²) in [7, 11) is 0. The van der Waals surface area contributed by atoms with E-state index in [9.17, 15) is 9.59 Å². The van der Waals surface area contributed by atoms with Gasteiger partial charge in [0.05, 0.1) is 5.41 Å². The van der Waals surface area contributed by atoms with Crippen molar-refractivity contribution >= 4 is 12.0 Å². The zero-order valence-corrected chi connectivity index (χ0v) is 11.8. The van der Waals surface area contributed by atoms with E-state index >= 15 is 0 Å². The normalized spacial score (nSPS) is 35.2. The minimum atomic E-state index is -0.811. The maximum Gasteiger partial charge on any atom is 0.317 e. The van der Waals surface area contributed by atoms with Crippen LogP contribution in [-0.4, -0.2) is 41.1 Å². The molecule has 1 aliphatic heterocycles. The van der Waals surface area contributed by atoms with Gasteiger partial charge >= 0.3 is 12.0 Å². The third kappa shape index (κ3) is 3.19. The number of amides is 2. The zero-order valence-electron chi connectivity index (χ0n) is 11.8. The van der Waals surface area contributed by atoms with Gasteiger partial charge in [0.25, 0.3) is 0 Å². The summed E-state index contributed by atoms with van der Waals surface area (Å²) >= 11 is 0. The second-order valence-electron chi connectivity index (χ2n) is 6.46. The molecule has 2 rings (SSSR count). The number of hydrogen-bond acceptors (Lipinski definition) is 2. The molecule has 0 bridgehead atoms. The van der Waals surface area contributed by atoms with Crippen molar-refractivity contribution in [1.29, 1.82) is 0 Å². The minimum Gasteiger partial charge on any atom is -0.481 e. The fraction of sp³-hybridized carbons (Fsp3) is 0.857. The first-order valence-electron chi connectivity index (χ1n) is 7.19. The van der Waals surface area contributed by atoms with Crippen molar-refractivity contribution in [2.24, 2.45) is 11.3 Å². The molecule has 0 aromatic heterocycles. The average molecular weight is 268 g/mol. The molecule has 2 N–H and O–H groups in total. The van der Waals surface area contributed by atoms with Crippen LogP contribution in [0.2, 0.25) is 0 Å². The summed E-state index contributed by atoms with van der Waals surface area (Å²) in [5.41, 5.74) is -0.781. The first kappa shape index (κ1) is 14.2. The monoisotopic (exact) mass is 268 g/mol. The second-order valence-corrected chi connectivity index (χ2v) is 6.46. The van der Waals surface area contributed by atoms with Gasteiger partial charge in [-0.1, -0.05) is 19.8 Å². The quantitative estimate of drug-likeness (QED) is 0.805. The molecule has 108 valence electrons. The van der Waals surface area contributed by atoms with Crippen LogP contribution in [0.5, 0.6) is 0 Å². The van der Waals surface area contributed by atoms with Gasteiger partial charge < -0.3 is 15.3 Å². The number of likely N-dealkylation sites (tertiary alicyclic amines) is 1. The van der Waals surface area contributed by atoms with Crippen molar-refractivity contribution in [1.82, 2.24) is 10.2 Å². The number of carboxylic acids is 1. The number of nitrogens with one attached hydrogen (secondary N) is 1. The molecule has 0 aromatic carbocycles. The van der Waals surface area contributed by atoms with Crippen LogP contribution in [0.25, 0.3) is 0 Å². The molecule has 5 heteroatoms. The van der Waals surface area contributed by atoms with Crippen LogP contribution in [0.4, 0.5) is 4.79 Å². The van der Waals surface area contributed by atoms with E-state index in [-0.39, 0.29) is 12.1 Å². The molecular weight excluding hydrogens is 244 g/mol. The highest BCUT2D eigenvalue weighted by atomic mass is 16.4. The highest BCUT2D eigenvalue weighted by Crippen LogP contribution is 2.30. The Kier molecular flexibility index (Phi) is 4.02. The van der Waals surface area contributed by atoms with Crippen molar-refractivity contribution in [3.05, 3.63) is 0 Å². The van der Waals surface area contributed by atoms with E-state index in [1.165, 1.54) is 12.8 Å². The molecule has 5 nitrogen and oxygen atoms in total. The number of urea groups is 1. The van der Waals surface area contributed by atoms with Gasteiger partial charge in [0.15, 0.2) is 0 Å². The van der Waals surface area contributed by atoms with E-state index in [1.807, 2.05) is 0 Å². The lowest BCUT2D eigenvalue weighted by Crippen LogP contribution is -2.46. The molecule has 0 radical (unpaired) electrons. The number of carbonyl (C=O) groups is 2. The van der Waals surface area contributed by atoms with E-state index in [2.05, 4.69) is 12.2 Å². The minimum absolute atomic E-state index is 0.0934. The fourth-order valence-corrected chi connectivity index (χ4v) is 3.14. The van der Waals surface area contributed by atoms with E-state index in [4.69, 9.17) is 5.11 Å². The summed E-state index contributed by atoms with van der Waals surface area (Å²) in [6.45, 7) is 4.79. The number of hydrogen-bond donors (Lipinski definition) is 2. The summed E-state index contributed by atoms with van der Waals surface area (Å²) < 4.78 is 0. The van der Waals surface area contributed by atoms with Gasteiger partial charge in [0.1, 0.15) is 0 Å². The first-order valence-corrected chi connectivity index (χ1v) is 7.19. The number of nitrogens with zero attached hydrogens (tertiary/aromatic N) is 1. The van der Waals surface area contributed by atoms with Crippen molar-refractivity contribution in [2.75, 3.05) is 13.1 Å². The number of rotatable bonds is 2. The molecule has 2 amide bonds. The highest BCUT2D eigenvalue weighted by Gasteiger charge is 2.42. The summed E-state index contributed by atoms with van der Waals surface area (Å²) in [5.74, 6) is -0.143. The number of aliphatic carboxylic acids is 1. The molecule has 1 saturated carbocycles. The Balaban J connectivity index is 1.86. The molecular formula is C14H24N2O3. The summed E-state index contributed by atoms with van der Waals surface area (Å²) in [4.78, 5) is 25.0. The molecule has 2 aliphatic rings. The molecule has 1 aliphatic carbocycles. The third-order valence-corrected chi connectivity index (χ3v) is 4.54. The van der Waals surface area contributed by atoms with E-state index in [1.54, 1.807) is 11.8 Å². The van der Waals surface area contributed by atoms with Gasteiger partial charge in [-0.15, -0.1) is 0 Å². The Morgan fingerprint density at radius 1 is 1.37 bits per heavy atom. The third-order valence-electron chi connectivity index (χ3n) is 4.54. The van der Waals surface area contributed by atoms with E-state index < -0.39 is 11.4 Å². The van der Waals surface area contributed by atoms with Gasteiger partial charge in [0, 0.05) is 19.1 Å². The van der Waals surface area contributed by atoms with Gasteiger partial charge in [-0.2, -0.15) is 0 Å². The van der Waals surface area contributed by atoms with Crippen LogP contribution in [0, 0.1) is 11.3 Å². The molecule has 0 spiro atoms. The standard InChI is InChI=1S/C14H24N2O3/c1-10-4-3-5-11(8-10)15-13(19)16-7-6-14(2,9-16)12(17)18/h10-11H,3-9H2,1-2H3,(H,15,19)(H,17,18). The summed E-state index contributed by atoms with van der Waals surface area (Å²) in [6.07, 6.45) is 5.03. The predicted octanol–water partition coefficient (Wildman–Crippen LogP) is 2.07. The van der Waals surface area contributed by atoms with Gasteiger partial charge in [-0.3, -0.25) is 4.79 Å². The zero-order chi connectivity index (χ0) is 14.0. The molecule has 0 aromatic rings. The highest BCUT2D eigenvalue weighted by molar-refractivity contribution is 5.79. The second kappa shape index (κ2) is 5.39. The molecule has 3 atom stereocenters. The van der Waals surface area contributed by atoms with Crippen LogP contribution in [-0.2, 0) is 4.79 Å². The lowest BCUT2D eigenvalue weighted by Gasteiger charge is -2.29. The SMILES string of the molecule is CC1CCCC(NC(=O)N2CCC(C)(C(=O)O)C2)C1. The Morgan fingerprint density at radius 2 is 2.11 bits per heavy atom. The fourth-order valence-electron chi connectivity index (χ4n) is 3.14. The maximum absolute atomic E-state index is 12.2. The Hall–Kier alpha value is -1.26. The van der Waals surface area contributed by atoms with Gasteiger partial charge in [-0.05, 0) is 32.1 Å². The molecule has 1 saturated heterocycles. The Morgan fingerprint density at radius 3 is 2.68 bits per heavy atom. The Bertz CT molecular complexity index is 372. The van der Waals surface area contributed by atoms with E-state index in [0.717, 1.165) is 12.8 Å². The molecule has 2 fully saturated rings. The van der Waals surface area contributed by atoms with Gasteiger partial charge in [0.2, 0.25) is 0 Å². The van der Waals surface area contributed by atoms with Crippen molar-refractivity contribution in [3.8, 4) is 0 Å². The molecule has 1 heterocycles. The molecule has 19 heavy (non-hydrogen) atoms. The van der Waals surface area contributed by atoms with Crippen LogP contribution in [0.1, 0.15) is 46.0 Å². The molecule has 3 unspecified atom stereocenters. The van der Waals surface area contributed by atoms with E-state index in [0.29, 0.717) is 25.4 Å². The predicted molar refractivity (Wildman–Crippen MR) is 71.9 cm³/mol. The topological polar surface area (TPSA) is 69.6 Å². The Labute approximate surface area is 114 Å². The van der Waals surface area contributed by atoms with Crippen LogP contribution < -0.4 is 5.32 Å². The number of carboxylic acid groups (broad SMARTS) is 1.